The van der Waals surface area contributed by atoms with E-state index >= 15 is 4.39 Å². The first-order valence-corrected chi connectivity index (χ1v) is 8.51. The number of ether oxygens (including phenoxy) is 1. The lowest BCUT2D eigenvalue weighted by atomic mass is 10.0. The summed E-state index contributed by atoms with van der Waals surface area (Å²) in [6.45, 7) is 8.14. The molecule has 23 heavy (non-hydrogen) atoms. The Morgan fingerprint density at radius 3 is 2.70 bits per heavy atom. The van der Waals surface area contributed by atoms with Crippen LogP contribution in [0.3, 0.4) is 0 Å². The zero-order valence-corrected chi connectivity index (χ0v) is 14.3. The van der Waals surface area contributed by atoms with E-state index in [-0.39, 0.29) is 12.6 Å². The van der Waals surface area contributed by atoms with Crippen LogP contribution in [-0.2, 0) is 11.3 Å². The second kappa shape index (κ2) is 7.77. The number of carbonyl (C=O) groups excluding carboxylic acids is 1. The predicted octanol–water partition coefficient (Wildman–Crippen LogP) is 3.47. The molecular weight excluding hydrogens is 295 g/mol. The summed E-state index contributed by atoms with van der Waals surface area (Å²) in [4.78, 5) is 15.5. The van der Waals surface area contributed by atoms with E-state index in [1.165, 1.54) is 10.5 Å². The fourth-order valence-corrected chi connectivity index (χ4v) is 3.39. The molecule has 2 saturated heterocycles. The van der Waals surface area contributed by atoms with Gasteiger partial charge in [-0.05, 0) is 18.9 Å². The standard InChI is InChI=1S/C16H21FN2O2.C2H6/c1-2-21-15(20)19-11-14-16(17,12-19)8-9-18(14)10-13-6-4-3-5-7-13;1-2/h3-7,14H,2,8-12H2,1H3;1-2H3. The van der Waals surface area contributed by atoms with Crippen molar-refractivity contribution < 1.29 is 13.9 Å². The molecule has 4 nitrogen and oxygen atoms in total. The van der Waals surface area contributed by atoms with Crippen molar-refractivity contribution in [3.8, 4) is 0 Å². The molecule has 2 aliphatic rings. The van der Waals surface area contributed by atoms with Gasteiger partial charge in [0.2, 0.25) is 0 Å². The largest absolute Gasteiger partial charge is 0.450 e. The summed E-state index contributed by atoms with van der Waals surface area (Å²) in [5.74, 6) is 0. The Labute approximate surface area is 138 Å². The molecule has 2 aliphatic heterocycles. The summed E-state index contributed by atoms with van der Waals surface area (Å²) in [6.07, 6.45) is 0.0871. The fourth-order valence-electron chi connectivity index (χ4n) is 3.39. The van der Waals surface area contributed by atoms with Gasteiger partial charge < -0.3 is 9.64 Å². The summed E-state index contributed by atoms with van der Waals surface area (Å²) < 4.78 is 20.0. The van der Waals surface area contributed by atoms with Crippen LogP contribution in [0.2, 0.25) is 0 Å². The number of carbonyl (C=O) groups is 1. The van der Waals surface area contributed by atoms with E-state index in [1.54, 1.807) is 6.92 Å². The maximum atomic E-state index is 15.0. The second-order valence-corrected chi connectivity index (χ2v) is 5.84. The average Bonchev–Trinajstić information content (AvgIpc) is 3.06. The van der Waals surface area contributed by atoms with Gasteiger partial charge in [0.1, 0.15) is 5.67 Å². The van der Waals surface area contributed by atoms with Crippen LogP contribution in [0.25, 0.3) is 0 Å². The molecule has 2 atom stereocenters. The van der Waals surface area contributed by atoms with E-state index in [1.807, 2.05) is 32.0 Å². The van der Waals surface area contributed by atoms with Gasteiger partial charge in [-0.3, -0.25) is 4.90 Å². The van der Waals surface area contributed by atoms with Crippen molar-refractivity contribution in [2.45, 2.75) is 45.4 Å². The van der Waals surface area contributed by atoms with Crippen molar-refractivity contribution >= 4 is 6.09 Å². The Morgan fingerprint density at radius 2 is 2.04 bits per heavy atom. The molecule has 1 aromatic carbocycles. The molecule has 0 aromatic heterocycles. The summed E-state index contributed by atoms with van der Waals surface area (Å²) in [6, 6.07) is 9.85. The highest BCUT2D eigenvalue weighted by Crippen LogP contribution is 2.39. The van der Waals surface area contributed by atoms with E-state index in [0.717, 1.165) is 13.1 Å². The number of alkyl halides is 1. The van der Waals surface area contributed by atoms with Crippen LogP contribution in [0.15, 0.2) is 30.3 Å². The van der Waals surface area contributed by atoms with Crippen molar-refractivity contribution in [2.24, 2.45) is 0 Å². The van der Waals surface area contributed by atoms with Crippen molar-refractivity contribution in [3.05, 3.63) is 35.9 Å². The molecule has 5 heteroatoms. The molecule has 0 spiro atoms. The summed E-state index contributed by atoms with van der Waals surface area (Å²) in [7, 11) is 0. The third kappa shape index (κ3) is 3.83. The Hall–Kier alpha value is -1.62. The Kier molecular flexibility index (Phi) is 5.99. The molecule has 0 radical (unpaired) electrons. The zero-order valence-electron chi connectivity index (χ0n) is 14.3. The minimum absolute atomic E-state index is 0.155. The third-order valence-electron chi connectivity index (χ3n) is 4.45. The maximum absolute atomic E-state index is 15.0. The summed E-state index contributed by atoms with van der Waals surface area (Å²) >= 11 is 0. The van der Waals surface area contributed by atoms with E-state index in [9.17, 15) is 4.79 Å². The number of benzene rings is 1. The monoisotopic (exact) mass is 322 g/mol. The lowest BCUT2D eigenvalue weighted by Gasteiger charge is -2.25. The molecule has 3 rings (SSSR count). The van der Waals surface area contributed by atoms with Crippen LogP contribution in [0.5, 0.6) is 0 Å². The van der Waals surface area contributed by atoms with Gasteiger partial charge >= 0.3 is 6.09 Å². The van der Waals surface area contributed by atoms with Gasteiger partial charge in [0.15, 0.2) is 0 Å². The molecule has 2 unspecified atom stereocenters. The Balaban J connectivity index is 0.000000924. The lowest BCUT2D eigenvalue weighted by molar-refractivity contribution is 0.104. The molecule has 0 saturated carbocycles. The highest BCUT2D eigenvalue weighted by Gasteiger charge is 2.55. The fraction of sp³-hybridized carbons (Fsp3) is 0.611. The van der Waals surface area contributed by atoms with Crippen LogP contribution >= 0.6 is 0 Å². The summed E-state index contributed by atoms with van der Waals surface area (Å²) in [5, 5.41) is 0. The van der Waals surface area contributed by atoms with Gasteiger partial charge in [-0.15, -0.1) is 0 Å². The number of fused-ring (bicyclic) bond motifs is 1. The van der Waals surface area contributed by atoms with Crippen LogP contribution in [-0.4, -0.2) is 53.8 Å². The van der Waals surface area contributed by atoms with Gasteiger partial charge in [0.25, 0.3) is 0 Å². The predicted molar refractivity (Wildman–Crippen MR) is 89.0 cm³/mol. The van der Waals surface area contributed by atoms with E-state index in [4.69, 9.17) is 4.74 Å². The summed E-state index contributed by atoms with van der Waals surface area (Å²) in [5.41, 5.74) is -0.113. The third-order valence-corrected chi connectivity index (χ3v) is 4.45. The number of nitrogens with zero attached hydrogens (tertiary/aromatic N) is 2. The number of likely N-dealkylation sites (tertiary alicyclic amines) is 2. The number of hydrogen-bond acceptors (Lipinski definition) is 3. The Bertz CT molecular complexity index is 511. The van der Waals surface area contributed by atoms with Crippen LogP contribution in [0.1, 0.15) is 32.8 Å². The molecular formula is C18H27FN2O2. The SMILES string of the molecule is CC.CCOC(=O)N1CC2N(Cc3ccccc3)CCC2(F)C1. The topological polar surface area (TPSA) is 32.8 Å². The van der Waals surface area contributed by atoms with Gasteiger partial charge in [0, 0.05) is 19.6 Å². The highest BCUT2D eigenvalue weighted by atomic mass is 19.1. The normalized spacial score (nSPS) is 26.4. The molecule has 1 aromatic rings. The molecule has 0 bridgehead atoms. The van der Waals surface area contributed by atoms with Crippen LogP contribution < -0.4 is 0 Å². The van der Waals surface area contributed by atoms with E-state index < -0.39 is 11.8 Å². The first-order valence-electron chi connectivity index (χ1n) is 8.51. The van der Waals surface area contributed by atoms with Gasteiger partial charge in [-0.2, -0.15) is 0 Å². The number of halogens is 1. The first-order chi connectivity index (χ1) is 11.1. The zero-order chi connectivity index (χ0) is 16.9. The van der Waals surface area contributed by atoms with E-state index in [0.29, 0.717) is 19.6 Å². The second-order valence-electron chi connectivity index (χ2n) is 5.84. The van der Waals surface area contributed by atoms with Crippen molar-refractivity contribution in [3.63, 3.8) is 0 Å². The van der Waals surface area contributed by atoms with Crippen molar-refractivity contribution in [1.82, 2.24) is 9.80 Å². The van der Waals surface area contributed by atoms with Crippen molar-refractivity contribution in [2.75, 3.05) is 26.2 Å². The number of rotatable bonds is 3. The minimum Gasteiger partial charge on any atom is -0.450 e. The molecule has 0 N–H and O–H groups in total. The lowest BCUT2D eigenvalue weighted by Crippen LogP contribution is -2.40. The minimum atomic E-state index is -1.29. The Morgan fingerprint density at radius 1 is 1.35 bits per heavy atom. The van der Waals surface area contributed by atoms with Crippen LogP contribution in [0, 0.1) is 0 Å². The number of amides is 1. The van der Waals surface area contributed by atoms with Crippen LogP contribution in [0.4, 0.5) is 9.18 Å². The van der Waals surface area contributed by atoms with Gasteiger partial charge in [0.05, 0.1) is 19.2 Å². The maximum Gasteiger partial charge on any atom is 0.409 e. The molecule has 1 amide bonds. The van der Waals surface area contributed by atoms with Gasteiger partial charge in [-0.25, -0.2) is 9.18 Å². The van der Waals surface area contributed by atoms with E-state index in [2.05, 4.69) is 17.0 Å². The average molecular weight is 322 g/mol. The first kappa shape index (κ1) is 17.7. The molecule has 128 valence electrons. The molecule has 2 fully saturated rings. The molecule has 0 aliphatic carbocycles. The number of hydrogen-bond donors (Lipinski definition) is 0. The molecule has 2 heterocycles. The highest BCUT2D eigenvalue weighted by molar-refractivity contribution is 5.68. The smallest absolute Gasteiger partial charge is 0.409 e. The quantitative estimate of drug-likeness (QED) is 0.854. The van der Waals surface area contributed by atoms with Crippen molar-refractivity contribution in [1.29, 1.82) is 0 Å². The van der Waals surface area contributed by atoms with Gasteiger partial charge in [-0.1, -0.05) is 44.2 Å².